The molecule has 1 aromatic carbocycles. The minimum absolute atomic E-state index is 0.0188. The van der Waals surface area contributed by atoms with Gasteiger partial charge < -0.3 is 14.4 Å². The van der Waals surface area contributed by atoms with Crippen molar-refractivity contribution in [2.75, 3.05) is 13.3 Å². The van der Waals surface area contributed by atoms with Gasteiger partial charge in [0.25, 0.3) is 5.91 Å². The third-order valence-corrected chi connectivity index (χ3v) is 3.12. The molecule has 0 bridgehead atoms. The van der Waals surface area contributed by atoms with E-state index in [1.54, 1.807) is 11.0 Å². The van der Waals surface area contributed by atoms with Crippen LogP contribution in [0.25, 0.3) is 0 Å². The predicted molar refractivity (Wildman–Crippen MR) is 74.7 cm³/mol. The fourth-order valence-electron chi connectivity index (χ4n) is 1.99. The third kappa shape index (κ3) is 3.35. The number of aryl methyl sites for hydroxylation is 1. The second kappa shape index (κ2) is 5.88. The zero-order valence-electron chi connectivity index (χ0n) is 11.7. The summed E-state index contributed by atoms with van der Waals surface area (Å²) in [6, 6.07) is 11.1. The Labute approximate surface area is 122 Å². The van der Waals surface area contributed by atoms with Crippen molar-refractivity contribution in [2.45, 2.75) is 13.5 Å². The van der Waals surface area contributed by atoms with E-state index in [0.717, 1.165) is 11.3 Å². The quantitative estimate of drug-likeness (QED) is 0.858. The van der Waals surface area contributed by atoms with Crippen LogP contribution in [0.1, 0.15) is 11.3 Å². The first-order chi connectivity index (χ1) is 10.2. The van der Waals surface area contributed by atoms with Crippen LogP contribution in [0, 0.1) is 6.92 Å². The Morgan fingerprint density at radius 2 is 2.00 bits per heavy atom. The van der Waals surface area contributed by atoms with E-state index in [9.17, 15) is 4.79 Å². The Hall–Kier alpha value is -2.47. The number of benzene rings is 1. The topological polar surface area (TPSA) is 64.6 Å². The zero-order valence-corrected chi connectivity index (χ0v) is 11.7. The van der Waals surface area contributed by atoms with Crippen LogP contribution in [0.3, 0.4) is 0 Å². The van der Waals surface area contributed by atoms with Gasteiger partial charge in [-0.3, -0.25) is 4.79 Å². The number of aromatic nitrogens is 2. The van der Waals surface area contributed by atoms with Gasteiger partial charge in [-0.25, -0.2) is 0 Å². The van der Waals surface area contributed by atoms with Gasteiger partial charge in [0.15, 0.2) is 0 Å². The molecule has 2 heterocycles. The molecule has 0 spiro atoms. The summed E-state index contributed by atoms with van der Waals surface area (Å²) < 4.78 is 10.7. The molecule has 1 aromatic heterocycles. The Morgan fingerprint density at radius 3 is 2.62 bits per heavy atom. The molecule has 6 heteroatoms. The minimum atomic E-state index is 0.0188. The second-order valence-electron chi connectivity index (χ2n) is 4.83. The molecule has 0 radical (unpaired) electrons. The highest BCUT2D eigenvalue weighted by Crippen LogP contribution is 2.20. The average Bonchev–Trinajstić information content (AvgIpc) is 2.89. The van der Waals surface area contributed by atoms with E-state index in [0.29, 0.717) is 24.9 Å². The fraction of sp³-hybridized carbons (Fsp3) is 0.267. The third-order valence-electron chi connectivity index (χ3n) is 3.12. The molecule has 0 unspecified atom stereocenters. The number of rotatable bonds is 4. The van der Waals surface area contributed by atoms with Crippen molar-refractivity contribution in [3.05, 3.63) is 47.7 Å². The molecule has 108 valence electrons. The van der Waals surface area contributed by atoms with Gasteiger partial charge in [-0.05, 0) is 30.7 Å². The lowest BCUT2D eigenvalue weighted by molar-refractivity contribution is -0.127. The Bertz CT molecular complexity index is 626. The van der Waals surface area contributed by atoms with Crippen LogP contribution in [-0.4, -0.2) is 34.3 Å². The molecular weight excluding hydrogens is 270 g/mol. The molecular formula is C15H15N3O3. The minimum Gasteiger partial charge on any atom is -0.438 e. The molecule has 6 nitrogen and oxygen atoms in total. The molecule has 0 aliphatic carbocycles. The average molecular weight is 285 g/mol. The first-order valence-electron chi connectivity index (χ1n) is 6.63. The number of nitrogens with zero attached hydrogens (tertiary/aromatic N) is 3. The van der Waals surface area contributed by atoms with Gasteiger partial charge in [0.1, 0.15) is 19.1 Å². The maximum Gasteiger partial charge on any atom is 0.250 e. The highest BCUT2D eigenvalue weighted by atomic mass is 16.5. The summed E-state index contributed by atoms with van der Waals surface area (Å²) in [6.07, 6.45) is 0. The molecule has 1 saturated heterocycles. The zero-order chi connectivity index (χ0) is 14.7. The Balaban J connectivity index is 1.63. The summed E-state index contributed by atoms with van der Waals surface area (Å²) in [7, 11) is 0. The summed E-state index contributed by atoms with van der Waals surface area (Å²) in [5, 5.41) is 7.88. The van der Waals surface area contributed by atoms with E-state index >= 15 is 0 Å². The smallest absolute Gasteiger partial charge is 0.250 e. The predicted octanol–water partition coefficient (Wildman–Crippen LogP) is 1.89. The van der Waals surface area contributed by atoms with Crippen LogP contribution in [0.4, 0.5) is 0 Å². The van der Waals surface area contributed by atoms with E-state index in [4.69, 9.17) is 9.47 Å². The fourth-order valence-corrected chi connectivity index (χ4v) is 1.99. The van der Waals surface area contributed by atoms with Crippen molar-refractivity contribution in [3.8, 4) is 11.6 Å². The molecule has 21 heavy (non-hydrogen) atoms. The molecule has 2 aromatic rings. The lowest BCUT2D eigenvalue weighted by Gasteiger charge is -2.13. The van der Waals surface area contributed by atoms with E-state index in [-0.39, 0.29) is 12.5 Å². The molecule has 1 fully saturated rings. The SMILES string of the molecule is Cc1ccc(Oc2ccc(CN3COCC3=O)cc2)nn1. The lowest BCUT2D eigenvalue weighted by atomic mass is 10.2. The normalized spacial score (nSPS) is 14.5. The monoisotopic (exact) mass is 285 g/mol. The molecule has 1 amide bonds. The largest absolute Gasteiger partial charge is 0.438 e. The van der Waals surface area contributed by atoms with Gasteiger partial charge in [0, 0.05) is 12.6 Å². The van der Waals surface area contributed by atoms with Gasteiger partial charge in [-0.15, -0.1) is 5.10 Å². The maximum atomic E-state index is 11.5. The van der Waals surface area contributed by atoms with E-state index in [1.165, 1.54) is 0 Å². The van der Waals surface area contributed by atoms with Crippen LogP contribution in [0.2, 0.25) is 0 Å². The molecule has 1 aliphatic heterocycles. The number of amides is 1. The van der Waals surface area contributed by atoms with Crippen molar-refractivity contribution >= 4 is 5.91 Å². The standard InChI is InChI=1S/C15H15N3O3/c1-11-2-7-14(17-16-11)21-13-5-3-12(4-6-13)8-18-10-20-9-15(18)19/h2-7H,8-10H2,1H3. The Kier molecular flexibility index (Phi) is 3.79. The van der Waals surface area contributed by atoms with Crippen LogP contribution >= 0.6 is 0 Å². The number of hydrogen-bond donors (Lipinski definition) is 0. The highest BCUT2D eigenvalue weighted by molar-refractivity contribution is 5.78. The van der Waals surface area contributed by atoms with E-state index in [1.807, 2.05) is 37.3 Å². The number of hydrogen-bond acceptors (Lipinski definition) is 5. The van der Waals surface area contributed by atoms with E-state index in [2.05, 4.69) is 10.2 Å². The summed E-state index contributed by atoms with van der Waals surface area (Å²) in [5.41, 5.74) is 1.87. The summed E-state index contributed by atoms with van der Waals surface area (Å²) in [6.45, 7) is 2.95. The summed E-state index contributed by atoms with van der Waals surface area (Å²) >= 11 is 0. The van der Waals surface area contributed by atoms with Crippen molar-refractivity contribution < 1.29 is 14.3 Å². The molecule has 0 atom stereocenters. The van der Waals surface area contributed by atoms with E-state index < -0.39 is 0 Å². The molecule has 3 rings (SSSR count). The molecule has 0 N–H and O–H groups in total. The van der Waals surface area contributed by atoms with Gasteiger partial charge in [0.05, 0.1) is 5.69 Å². The van der Waals surface area contributed by atoms with Crippen molar-refractivity contribution in [2.24, 2.45) is 0 Å². The van der Waals surface area contributed by atoms with Gasteiger partial charge in [-0.2, -0.15) is 5.10 Å². The van der Waals surface area contributed by atoms with Gasteiger partial charge >= 0.3 is 0 Å². The summed E-state index contributed by atoms with van der Waals surface area (Å²) in [4.78, 5) is 13.1. The number of carbonyl (C=O) groups excluding carboxylic acids is 1. The summed E-state index contributed by atoms with van der Waals surface area (Å²) in [5.74, 6) is 1.16. The van der Waals surface area contributed by atoms with Crippen LogP contribution in [0.15, 0.2) is 36.4 Å². The number of carbonyl (C=O) groups is 1. The highest BCUT2D eigenvalue weighted by Gasteiger charge is 2.20. The first-order valence-corrected chi connectivity index (χ1v) is 6.63. The first kappa shape index (κ1) is 13.5. The van der Waals surface area contributed by atoms with Gasteiger partial charge in [0.2, 0.25) is 5.88 Å². The van der Waals surface area contributed by atoms with Crippen molar-refractivity contribution in [1.82, 2.24) is 15.1 Å². The van der Waals surface area contributed by atoms with Crippen LogP contribution < -0.4 is 4.74 Å². The number of ether oxygens (including phenoxy) is 2. The van der Waals surface area contributed by atoms with Crippen LogP contribution in [0.5, 0.6) is 11.6 Å². The van der Waals surface area contributed by atoms with Crippen molar-refractivity contribution in [3.63, 3.8) is 0 Å². The Morgan fingerprint density at radius 1 is 1.19 bits per heavy atom. The molecule has 0 saturated carbocycles. The molecule has 1 aliphatic rings. The lowest BCUT2D eigenvalue weighted by Crippen LogP contribution is -2.24. The van der Waals surface area contributed by atoms with Crippen molar-refractivity contribution in [1.29, 1.82) is 0 Å². The second-order valence-corrected chi connectivity index (χ2v) is 4.83. The van der Waals surface area contributed by atoms with Crippen LogP contribution in [-0.2, 0) is 16.1 Å². The van der Waals surface area contributed by atoms with Gasteiger partial charge in [-0.1, -0.05) is 12.1 Å². The maximum absolute atomic E-state index is 11.5.